The first-order chi connectivity index (χ1) is 19.7. The molecule has 2 atom stereocenters. The summed E-state index contributed by atoms with van der Waals surface area (Å²) >= 11 is 0. The molecule has 0 unspecified atom stereocenters. The fourth-order valence-corrected chi connectivity index (χ4v) is 4.78. The van der Waals surface area contributed by atoms with Gasteiger partial charge < -0.3 is 30.1 Å². The molecule has 0 spiro atoms. The minimum atomic E-state index is -1.11. The van der Waals surface area contributed by atoms with Gasteiger partial charge in [0.25, 0.3) is 0 Å². The van der Waals surface area contributed by atoms with Gasteiger partial charge in [0.15, 0.2) is 12.0 Å². The molecule has 3 aromatic rings. The van der Waals surface area contributed by atoms with Gasteiger partial charge in [0.2, 0.25) is 11.8 Å². The summed E-state index contributed by atoms with van der Waals surface area (Å²) in [6.07, 6.45) is 2.27. The van der Waals surface area contributed by atoms with Crippen molar-refractivity contribution in [3.63, 3.8) is 0 Å². The highest BCUT2D eigenvalue weighted by Gasteiger charge is 2.31. The standard InChI is InChI=1S/C31H37N5O5/c1-21(2)26(14-15-29(37)35(3)27(30(38)39)20-40-19-22-10-6-4-7-11-22)36-18-23-16-28(33-17-25(23)34-31(36)32)41-24-12-8-5-9-13-24/h4-13,16-17,21,26-27H,14-15,18-20H2,1-3H3,(H2,32,34)(H,38,39)/t26-,27-/m0/s1. The van der Waals surface area contributed by atoms with Gasteiger partial charge in [-0.3, -0.25) is 4.79 Å². The number of rotatable bonds is 13. The number of para-hydroxylation sites is 1. The van der Waals surface area contributed by atoms with Crippen LogP contribution in [0.15, 0.2) is 77.9 Å². The van der Waals surface area contributed by atoms with E-state index >= 15 is 0 Å². The number of likely N-dealkylation sites (N-methyl/N-ethyl adjacent to an activating group) is 1. The quantitative estimate of drug-likeness (QED) is 0.311. The lowest BCUT2D eigenvalue weighted by atomic mass is 9.96. The number of ether oxygens (including phenoxy) is 2. The summed E-state index contributed by atoms with van der Waals surface area (Å²) in [6, 6.07) is 19.6. The number of carboxylic acid groups (broad SMARTS) is 1. The Balaban J connectivity index is 1.38. The fraction of sp³-hybridized carbons (Fsp3) is 0.355. The molecule has 216 valence electrons. The van der Waals surface area contributed by atoms with Crippen LogP contribution in [0, 0.1) is 5.92 Å². The van der Waals surface area contributed by atoms with Crippen molar-refractivity contribution >= 4 is 23.5 Å². The Kier molecular flexibility index (Phi) is 9.91. The minimum absolute atomic E-state index is 0.103. The van der Waals surface area contributed by atoms with Gasteiger partial charge in [-0.25, -0.2) is 14.8 Å². The maximum Gasteiger partial charge on any atom is 0.328 e. The van der Waals surface area contributed by atoms with E-state index in [2.05, 4.69) is 23.8 Å². The Morgan fingerprint density at radius 2 is 1.78 bits per heavy atom. The van der Waals surface area contributed by atoms with Crippen molar-refractivity contribution in [1.82, 2.24) is 14.8 Å². The summed E-state index contributed by atoms with van der Waals surface area (Å²) in [7, 11) is 1.51. The van der Waals surface area contributed by atoms with E-state index in [4.69, 9.17) is 15.2 Å². The average molecular weight is 560 g/mol. The highest BCUT2D eigenvalue weighted by atomic mass is 16.5. The lowest BCUT2D eigenvalue weighted by Crippen LogP contribution is -2.49. The zero-order chi connectivity index (χ0) is 29.4. The summed E-state index contributed by atoms with van der Waals surface area (Å²) in [6.45, 7) is 4.77. The highest BCUT2D eigenvalue weighted by Crippen LogP contribution is 2.32. The number of hydrogen-bond acceptors (Lipinski definition) is 8. The normalized spacial score (nSPS) is 14.1. The summed E-state index contributed by atoms with van der Waals surface area (Å²) < 4.78 is 11.5. The van der Waals surface area contributed by atoms with Crippen molar-refractivity contribution in [3.8, 4) is 11.6 Å². The minimum Gasteiger partial charge on any atom is -0.480 e. The number of carbonyl (C=O) groups excluding carboxylic acids is 1. The smallest absolute Gasteiger partial charge is 0.328 e. The average Bonchev–Trinajstić information content (AvgIpc) is 2.96. The first-order valence-electron chi connectivity index (χ1n) is 13.7. The van der Waals surface area contributed by atoms with E-state index in [1.54, 1.807) is 6.20 Å². The molecule has 1 amide bonds. The topological polar surface area (TPSA) is 131 Å². The number of carbonyl (C=O) groups is 2. The van der Waals surface area contributed by atoms with E-state index < -0.39 is 12.0 Å². The third-order valence-electron chi connectivity index (χ3n) is 7.13. The fourth-order valence-electron chi connectivity index (χ4n) is 4.78. The van der Waals surface area contributed by atoms with Crippen LogP contribution >= 0.6 is 0 Å². The van der Waals surface area contributed by atoms with Crippen LogP contribution < -0.4 is 10.5 Å². The van der Waals surface area contributed by atoms with Crippen molar-refractivity contribution in [2.45, 2.75) is 51.9 Å². The van der Waals surface area contributed by atoms with Crippen molar-refractivity contribution in [2.75, 3.05) is 13.7 Å². The summed E-state index contributed by atoms with van der Waals surface area (Å²) in [5.74, 6) is 0.256. The van der Waals surface area contributed by atoms with Crippen LogP contribution in [0.2, 0.25) is 0 Å². The lowest BCUT2D eigenvalue weighted by molar-refractivity contribution is -0.152. The van der Waals surface area contributed by atoms with Gasteiger partial charge in [0, 0.05) is 37.7 Å². The number of aliphatic carboxylic acids is 1. The molecule has 0 radical (unpaired) electrons. The predicted molar refractivity (Wildman–Crippen MR) is 156 cm³/mol. The summed E-state index contributed by atoms with van der Waals surface area (Å²) in [5.41, 5.74) is 8.90. The van der Waals surface area contributed by atoms with E-state index in [9.17, 15) is 14.7 Å². The molecule has 1 aliphatic rings. The van der Waals surface area contributed by atoms with E-state index in [0.717, 1.165) is 11.1 Å². The molecule has 0 saturated carbocycles. The maximum atomic E-state index is 13.1. The second kappa shape index (κ2) is 13.8. The van der Waals surface area contributed by atoms with Gasteiger partial charge in [0.05, 0.1) is 25.1 Å². The van der Waals surface area contributed by atoms with Crippen LogP contribution in [-0.2, 0) is 27.5 Å². The second-order valence-corrected chi connectivity index (χ2v) is 10.4. The molecule has 0 bridgehead atoms. The summed E-state index contributed by atoms with van der Waals surface area (Å²) in [5, 5.41) is 9.77. The number of nitrogens with two attached hydrogens (primary N) is 1. The van der Waals surface area contributed by atoms with Gasteiger partial charge in [-0.1, -0.05) is 62.4 Å². The van der Waals surface area contributed by atoms with Crippen molar-refractivity contribution in [2.24, 2.45) is 16.6 Å². The molecule has 1 aromatic heterocycles. The Bertz CT molecular complexity index is 1350. The molecule has 41 heavy (non-hydrogen) atoms. The van der Waals surface area contributed by atoms with Crippen LogP contribution in [0.4, 0.5) is 5.69 Å². The number of fused-ring (bicyclic) bond motifs is 1. The van der Waals surface area contributed by atoms with Crippen LogP contribution in [0.5, 0.6) is 11.6 Å². The predicted octanol–water partition coefficient (Wildman–Crippen LogP) is 4.57. The molecule has 1 aliphatic heterocycles. The molecule has 3 N–H and O–H groups in total. The molecule has 10 heteroatoms. The van der Waals surface area contributed by atoms with Crippen molar-refractivity contribution in [1.29, 1.82) is 0 Å². The number of pyridine rings is 1. The Hall–Kier alpha value is -4.44. The van der Waals surface area contributed by atoms with E-state index in [0.29, 0.717) is 36.2 Å². The van der Waals surface area contributed by atoms with Crippen LogP contribution in [0.1, 0.15) is 37.8 Å². The van der Waals surface area contributed by atoms with Gasteiger partial charge in [-0.2, -0.15) is 0 Å². The van der Waals surface area contributed by atoms with Gasteiger partial charge >= 0.3 is 5.97 Å². The SMILES string of the molecule is CC(C)[C@H](CCC(=O)N(C)[C@@H](COCc1ccccc1)C(=O)O)N1Cc2cc(Oc3ccccc3)ncc2N=C1N. The summed E-state index contributed by atoms with van der Waals surface area (Å²) in [4.78, 5) is 37.3. The van der Waals surface area contributed by atoms with Gasteiger partial charge in [0.1, 0.15) is 5.75 Å². The zero-order valence-electron chi connectivity index (χ0n) is 23.6. The number of amides is 1. The van der Waals surface area contributed by atoms with Crippen LogP contribution in [0.25, 0.3) is 0 Å². The number of nitrogens with zero attached hydrogens (tertiary/aromatic N) is 4. The first-order valence-corrected chi connectivity index (χ1v) is 13.7. The number of aromatic nitrogens is 1. The van der Waals surface area contributed by atoms with Gasteiger partial charge in [-0.05, 0) is 30.0 Å². The molecular formula is C31H37N5O5. The van der Waals surface area contributed by atoms with E-state index in [-0.39, 0.29) is 37.5 Å². The van der Waals surface area contributed by atoms with Crippen LogP contribution in [0.3, 0.4) is 0 Å². The Morgan fingerprint density at radius 3 is 2.44 bits per heavy atom. The molecule has 0 saturated heterocycles. The number of aliphatic imine (C=N–C) groups is 1. The van der Waals surface area contributed by atoms with Crippen molar-refractivity contribution < 1.29 is 24.2 Å². The monoisotopic (exact) mass is 559 g/mol. The highest BCUT2D eigenvalue weighted by molar-refractivity contribution is 5.85. The largest absolute Gasteiger partial charge is 0.480 e. The van der Waals surface area contributed by atoms with Gasteiger partial charge in [-0.15, -0.1) is 0 Å². The van der Waals surface area contributed by atoms with E-state index in [1.165, 1.54) is 11.9 Å². The molecule has 0 aliphatic carbocycles. The molecule has 4 rings (SSSR count). The number of carboxylic acids is 1. The maximum absolute atomic E-state index is 13.1. The number of hydrogen-bond donors (Lipinski definition) is 2. The number of guanidine groups is 1. The first kappa shape index (κ1) is 29.5. The molecule has 0 fully saturated rings. The Morgan fingerprint density at radius 1 is 1.10 bits per heavy atom. The third kappa shape index (κ3) is 7.82. The molecule has 10 nitrogen and oxygen atoms in total. The molecule has 2 heterocycles. The molecule has 2 aromatic carbocycles. The second-order valence-electron chi connectivity index (χ2n) is 10.4. The number of benzene rings is 2. The molecular weight excluding hydrogens is 522 g/mol. The van der Waals surface area contributed by atoms with E-state index in [1.807, 2.05) is 71.6 Å². The lowest BCUT2D eigenvalue weighted by Gasteiger charge is -2.38. The van der Waals surface area contributed by atoms with Crippen LogP contribution in [-0.4, -0.2) is 63.5 Å². The zero-order valence-corrected chi connectivity index (χ0v) is 23.6. The van der Waals surface area contributed by atoms with Crippen molar-refractivity contribution in [3.05, 3.63) is 84.1 Å². The third-order valence-corrected chi connectivity index (χ3v) is 7.13. The Labute approximate surface area is 240 Å².